The van der Waals surface area contributed by atoms with Crippen molar-refractivity contribution in [2.45, 2.75) is 26.9 Å². The Labute approximate surface area is 152 Å². The van der Waals surface area contributed by atoms with Crippen LogP contribution in [0.1, 0.15) is 28.9 Å². The zero-order valence-corrected chi connectivity index (χ0v) is 15.3. The van der Waals surface area contributed by atoms with E-state index in [0.29, 0.717) is 13.2 Å². The summed E-state index contributed by atoms with van der Waals surface area (Å²) in [5.41, 5.74) is 3.05. The lowest BCUT2D eigenvalue weighted by atomic mass is 10.1. The maximum absolute atomic E-state index is 5.93. The van der Waals surface area contributed by atoms with Gasteiger partial charge in [-0.2, -0.15) is 0 Å². The van der Waals surface area contributed by atoms with Crippen LogP contribution in [0.3, 0.4) is 0 Å². The molecule has 1 aliphatic rings. The maximum atomic E-state index is 5.93. The standard InChI is InChI=1S/C20H22N4O2/c1-13-4-5-17(26-13)18-12-24(10-11-25-18)20-14(2)15(3)22-19(23-20)16-6-8-21-9-7-16/h4-9,18H,10-12H2,1-3H3/t18-/m1/s1. The van der Waals surface area contributed by atoms with Crippen molar-refractivity contribution >= 4 is 5.82 Å². The van der Waals surface area contributed by atoms with Crippen molar-refractivity contribution in [3.05, 3.63) is 59.4 Å². The largest absolute Gasteiger partial charge is 0.464 e. The van der Waals surface area contributed by atoms with Crippen LogP contribution in [-0.4, -0.2) is 34.6 Å². The van der Waals surface area contributed by atoms with Gasteiger partial charge in [0.15, 0.2) is 5.82 Å². The van der Waals surface area contributed by atoms with Crippen LogP contribution in [0.15, 0.2) is 41.1 Å². The first-order valence-corrected chi connectivity index (χ1v) is 8.80. The predicted molar refractivity (Wildman–Crippen MR) is 99.1 cm³/mol. The van der Waals surface area contributed by atoms with Crippen LogP contribution >= 0.6 is 0 Å². The highest BCUT2D eigenvalue weighted by atomic mass is 16.5. The summed E-state index contributed by atoms with van der Waals surface area (Å²) in [6.07, 6.45) is 3.44. The van der Waals surface area contributed by atoms with Crippen molar-refractivity contribution in [3.8, 4) is 11.4 Å². The number of aryl methyl sites for hydroxylation is 2. The molecular weight excluding hydrogens is 328 g/mol. The van der Waals surface area contributed by atoms with Gasteiger partial charge >= 0.3 is 0 Å². The summed E-state index contributed by atoms with van der Waals surface area (Å²) in [6.45, 7) is 8.19. The SMILES string of the molecule is Cc1ccc([C@H]2CN(c3nc(-c4ccncc4)nc(C)c3C)CCO2)o1. The highest BCUT2D eigenvalue weighted by molar-refractivity contribution is 5.60. The number of nitrogens with zero attached hydrogens (tertiary/aromatic N) is 4. The Balaban J connectivity index is 1.67. The first-order chi connectivity index (χ1) is 12.6. The van der Waals surface area contributed by atoms with Gasteiger partial charge in [0.2, 0.25) is 0 Å². The van der Waals surface area contributed by atoms with Gasteiger partial charge in [-0.25, -0.2) is 9.97 Å². The van der Waals surface area contributed by atoms with E-state index in [2.05, 4.69) is 21.8 Å². The third-order valence-corrected chi connectivity index (χ3v) is 4.75. The van der Waals surface area contributed by atoms with Gasteiger partial charge in [0, 0.05) is 35.8 Å². The van der Waals surface area contributed by atoms with Crippen LogP contribution in [0.2, 0.25) is 0 Å². The van der Waals surface area contributed by atoms with E-state index in [9.17, 15) is 0 Å². The lowest BCUT2D eigenvalue weighted by molar-refractivity contribution is 0.0250. The van der Waals surface area contributed by atoms with E-state index in [1.165, 1.54) is 0 Å². The zero-order chi connectivity index (χ0) is 18.1. The Kier molecular flexibility index (Phi) is 4.42. The molecule has 6 heteroatoms. The molecule has 0 amide bonds. The molecule has 0 aromatic carbocycles. The van der Waals surface area contributed by atoms with E-state index in [1.807, 2.05) is 38.1 Å². The molecule has 0 N–H and O–H groups in total. The predicted octanol–water partition coefficient (Wildman–Crippen LogP) is 3.63. The molecule has 6 nitrogen and oxygen atoms in total. The fourth-order valence-electron chi connectivity index (χ4n) is 3.19. The molecule has 1 saturated heterocycles. The monoisotopic (exact) mass is 350 g/mol. The number of hydrogen-bond donors (Lipinski definition) is 0. The number of pyridine rings is 1. The topological polar surface area (TPSA) is 64.3 Å². The summed E-state index contributed by atoms with van der Waals surface area (Å²) in [5.74, 6) is 3.45. The highest BCUT2D eigenvalue weighted by Crippen LogP contribution is 2.30. The molecule has 26 heavy (non-hydrogen) atoms. The third kappa shape index (κ3) is 3.20. The molecule has 3 aromatic rings. The summed E-state index contributed by atoms with van der Waals surface area (Å²) in [7, 11) is 0. The van der Waals surface area contributed by atoms with Crippen LogP contribution in [0.5, 0.6) is 0 Å². The van der Waals surface area contributed by atoms with Crippen LogP contribution in [0.25, 0.3) is 11.4 Å². The number of aromatic nitrogens is 3. The molecule has 3 aromatic heterocycles. The number of anilines is 1. The lowest BCUT2D eigenvalue weighted by Gasteiger charge is -2.34. The van der Waals surface area contributed by atoms with Crippen LogP contribution in [-0.2, 0) is 4.74 Å². The first-order valence-electron chi connectivity index (χ1n) is 8.80. The molecule has 0 spiro atoms. The Morgan fingerprint density at radius 2 is 1.85 bits per heavy atom. The van der Waals surface area contributed by atoms with Crippen molar-refractivity contribution in [3.63, 3.8) is 0 Å². The Morgan fingerprint density at radius 1 is 1.04 bits per heavy atom. The minimum atomic E-state index is -0.0866. The molecular formula is C20H22N4O2. The number of furan rings is 1. The van der Waals surface area contributed by atoms with Crippen molar-refractivity contribution < 1.29 is 9.15 Å². The third-order valence-electron chi connectivity index (χ3n) is 4.75. The molecule has 1 fully saturated rings. The molecule has 4 rings (SSSR count). The van der Waals surface area contributed by atoms with E-state index < -0.39 is 0 Å². The van der Waals surface area contributed by atoms with Gasteiger partial charge in [-0.1, -0.05) is 0 Å². The molecule has 134 valence electrons. The van der Waals surface area contributed by atoms with Gasteiger partial charge in [0.05, 0.1) is 13.2 Å². The van der Waals surface area contributed by atoms with Gasteiger partial charge in [0.25, 0.3) is 0 Å². The van der Waals surface area contributed by atoms with Crippen molar-refractivity contribution in [1.29, 1.82) is 0 Å². The van der Waals surface area contributed by atoms with Gasteiger partial charge in [-0.3, -0.25) is 4.98 Å². The van der Waals surface area contributed by atoms with Gasteiger partial charge in [0.1, 0.15) is 23.4 Å². The van der Waals surface area contributed by atoms with Gasteiger partial charge in [-0.05, 0) is 45.0 Å². The second kappa shape index (κ2) is 6.88. The fraction of sp³-hybridized carbons (Fsp3) is 0.350. The van der Waals surface area contributed by atoms with E-state index in [-0.39, 0.29) is 6.10 Å². The summed E-state index contributed by atoms with van der Waals surface area (Å²) < 4.78 is 11.7. The maximum Gasteiger partial charge on any atom is 0.161 e. The van der Waals surface area contributed by atoms with Crippen molar-refractivity contribution in [2.24, 2.45) is 0 Å². The summed E-state index contributed by atoms with van der Waals surface area (Å²) in [6, 6.07) is 7.83. The summed E-state index contributed by atoms with van der Waals surface area (Å²) in [5, 5.41) is 0. The highest BCUT2D eigenvalue weighted by Gasteiger charge is 2.27. The molecule has 0 radical (unpaired) electrons. The smallest absolute Gasteiger partial charge is 0.161 e. The molecule has 4 heterocycles. The summed E-state index contributed by atoms with van der Waals surface area (Å²) in [4.78, 5) is 15.9. The molecule has 0 unspecified atom stereocenters. The van der Waals surface area contributed by atoms with Gasteiger partial charge < -0.3 is 14.1 Å². The van der Waals surface area contributed by atoms with Crippen LogP contribution in [0.4, 0.5) is 5.82 Å². The Morgan fingerprint density at radius 3 is 2.58 bits per heavy atom. The lowest BCUT2D eigenvalue weighted by Crippen LogP contribution is -2.39. The zero-order valence-electron chi connectivity index (χ0n) is 15.3. The minimum Gasteiger partial charge on any atom is -0.464 e. The fourth-order valence-corrected chi connectivity index (χ4v) is 3.19. The first kappa shape index (κ1) is 16.7. The van der Waals surface area contributed by atoms with E-state index >= 15 is 0 Å². The quantitative estimate of drug-likeness (QED) is 0.719. The van der Waals surface area contributed by atoms with Crippen LogP contribution < -0.4 is 4.90 Å². The number of morpholine rings is 1. The molecule has 0 saturated carbocycles. The van der Waals surface area contributed by atoms with E-state index in [1.54, 1.807) is 12.4 Å². The Hall–Kier alpha value is -2.73. The van der Waals surface area contributed by atoms with Crippen LogP contribution in [0, 0.1) is 20.8 Å². The second-order valence-corrected chi connectivity index (χ2v) is 6.57. The average molecular weight is 350 g/mol. The normalized spacial score (nSPS) is 17.5. The number of ether oxygens (including phenoxy) is 1. The number of rotatable bonds is 3. The molecule has 0 aliphatic carbocycles. The number of hydrogen-bond acceptors (Lipinski definition) is 6. The Bertz CT molecular complexity index is 907. The minimum absolute atomic E-state index is 0.0866. The molecule has 1 aliphatic heterocycles. The summed E-state index contributed by atoms with van der Waals surface area (Å²) >= 11 is 0. The van der Waals surface area contributed by atoms with E-state index in [0.717, 1.165) is 46.5 Å². The molecule has 0 bridgehead atoms. The molecule has 1 atom stereocenters. The second-order valence-electron chi connectivity index (χ2n) is 6.57. The van der Waals surface area contributed by atoms with Gasteiger partial charge in [-0.15, -0.1) is 0 Å². The van der Waals surface area contributed by atoms with Crippen molar-refractivity contribution in [1.82, 2.24) is 15.0 Å². The average Bonchev–Trinajstić information content (AvgIpc) is 3.11. The van der Waals surface area contributed by atoms with E-state index in [4.69, 9.17) is 14.1 Å². The van der Waals surface area contributed by atoms with Crippen molar-refractivity contribution in [2.75, 3.05) is 24.6 Å².